The van der Waals surface area contributed by atoms with E-state index in [1.165, 1.54) is 77.0 Å². The van der Waals surface area contributed by atoms with Gasteiger partial charge in [0.15, 0.2) is 0 Å². The van der Waals surface area contributed by atoms with Crippen molar-refractivity contribution in [2.75, 3.05) is 0 Å². The molecule has 0 bridgehead atoms. The van der Waals surface area contributed by atoms with Crippen molar-refractivity contribution in [1.82, 2.24) is 0 Å². The van der Waals surface area contributed by atoms with Crippen LogP contribution >= 0.6 is 0 Å². The van der Waals surface area contributed by atoms with Crippen molar-refractivity contribution < 1.29 is 19.4 Å². The van der Waals surface area contributed by atoms with Gasteiger partial charge in [0.2, 0.25) is 0 Å². The second kappa shape index (κ2) is 28.4. The number of aliphatic hydroxyl groups is 1. The lowest BCUT2D eigenvalue weighted by molar-refractivity contribution is -0.159. The molecule has 0 aliphatic heterocycles. The van der Waals surface area contributed by atoms with Gasteiger partial charge in [-0.1, -0.05) is 135 Å². The van der Waals surface area contributed by atoms with E-state index in [0.29, 0.717) is 12.8 Å². The lowest BCUT2D eigenvalue weighted by Gasteiger charge is -2.07. The predicted molar refractivity (Wildman–Crippen MR) is 153 cm³/mol. The molecule has 0 aliphatic carbocycles. The molecule has 0 aromatic heterocycles. The molecule has 0 aromatic carbocycles. The van der Waals surface area contributed by atoms with Crippen molar-refractivity contribution in [3.63, 3.8) is 0 Å². The van der Waals surface area contributed by atoms with E-state index in [1.54, 1.807) is 0 Å². The van der Waals surface area contributed by atoms with Crippen LogP contribution in [0.2, 0.25) is 0 Å². The first kappa shape index (κ1) is 34.8. The zero-order valence-corrected chi connectivity index (χ0v) is 24.1. The van der Waals surface area contributed by atoms with Crippen molar-refractivity contribution in [2.45, 2.75) is 180 Å². The Labute approximate surface area is 224 Å². The highest BCUT2D eigenvalue weighted by atomic mass is 16.6. The van der Waals surface area contributed by atoms with E-state index >= 15 is 0 Å². The van der Waals surface area contributed by atoms with Gasteiger partial charge in [-0.2, -0.15) is 0 Å². The summed E-state index contributed by atoms with van der Waals surface area (Å²) in [5, 5.41) is 9.95. The molecule has 0 radical (unpaired) electrons. The Balaban J connectivity index is 3.41. The highest BCUT2D eigenvalue weighted by Gasteiger charge is 2.09. The summed E-state index contributed by atoms with van der Waals surface area (Å²) in [7, 11) is 0. The van der Waals surface area contributed by atoms with Crippen LogP contribution in [0, 0.1) is 0 Å². The molecule has 0 amide bonds. The molecule has 0 saturated heterocycles. The average Bonchev–Trinajstić information content (AvgIpc) is 2.86. The van der Waals surface area contributed by atoms with E-state index in [-0.39, 0.29) is 18.0 Å². The molecular formula is C32H60O4. The monoisotopic (exact) mass is 508 g/mol. The number of carbonyl (C=O) groups is 2. The lowest BCUT2D eigenvalue weighted by atomic mass is 10.1. The van der Waals surface area contributed by atoms with Crippen LogP contribution in [-0.4, -0.2) is 23.1 Å². The minimum Gasteiger partial charge on any atom is -0.393 e. The molecule has 0 aromatic rings. The maximum absolute atomic E-state index is 11.8. The Bertz CT molecular complexity index is 514. The van der Waals surface area contributed by atoms with Crippen LogP contribution in [0.25, 0.3) is 0 Å². The van der Waals surface area contributed by atoms with Crippen molar-refractivity contribution >= 4 is 11.9 Å². The summed E-state index contributed by atoms with van der Waals surface area (Å²) in [5.74, 6) is -0.715. The van der Waals surface area contributed by atoms with Crippen molar-refractivity contribution in [3.05, 3.63) is 12.2 Å². The lowest BCUT2D eigenvalue weighted by Crippen LogP contribution is -2.11. The quantitative estimate of drug-likeness (QED) is 0.0519. The fourth-order valence-corrected chi connectivity index (χ4v) is 4.52. The topological polar surface area (TPSA) is 63.6 Å². The van der Waals surface area contributed by atoms with Gasteiger partial charge >= 0.3 is 11.9 Å². The number of allylic oxidation sites excluding steroid dienone is 1. The number of ether oxygens (including phenoxy) is 1. The Hall–Kier alpha value is -1.16. The molecule has 212 valence electrons. The minimum atomic E-state index is -0.362. The van der Waals surface area contributed by atoms with E-state index in [1.807, 2.05) is 0 Å². The molecule has 0 unspecified atom stereocenters. The van der Waals surface area contributed by atoms with E-state index in [2.05, 4.69) is 26.0 Å². The number of aliphatic hydroxyl groups excluding tert-OH is 1. The summed E-state index contributed by atoms with van der Waals surface area (Å²) in [4.78, 5) is 23.7. The SMILES string of the molecule is CCCCCCCCCCCCCC(=O)OC(=O)CCCCCCC/C=C\C[C@H](O)CCCCCC. The molecule has 1 N–H and O–H groups in total. The molecule has 0 aliphatic rings. The predicted octanol–water partition coefficient (Wildman–Crippen LogP) is 9.77. The van der Waals surface area contributed by atoms with Crippen LogP contribution in [0.15, 0.2) is 12.2 Å². The fourth-order valence-electron chi connectivity index (χ4n) is 4.52. The molecule has 36 heavy (non-hydrogen) atoms. The molecule has 0 saturated carbocycles. The van der Waals surface area contributed by atoms with Gasteiger partial charge in [0.05, 0.1) is 6.10 Å². The van der Waals surface area contributed by atoms with Crippen LogP contribution in [0.5, 0.6) is 0 Å². The maximum Gasteiger partial charge on any atom is 0.313 e. The number of hydrogen-bond acceptors (Lipinski definition) is 4. The van der Waals surface area contributed by atoms with Crippen LogP contribution in [-0.2, 0) is 14.3 Å². The van der Waals surface area contributed by atoms with Gasteiger partial charge in [0.1, 0.15) is 0 Å². The van der Waals surface area contributed by atoms with Crippen LogP contribution in [0.1, 0.15) is 174 Å². The largest absolute Gasteiger partial charge is 0.393 e. The first-order valence-electron chi connectivity index (χ1n) is 15.7. The van der Waals surface area contributed by atoms with Crippen molar-refractivity contribution in [3.8, 4) is 0 Å². The Morgan fingerprint density at radius 1 is 0.583 bits per heavy atom. The van der Waals surface area contributed by atoms with Gasteiger partial charge in [0.25, 0.3) is 0 Å². The number of carbonyl (C=O) groups excluding carboxylic acids is 2. The van der Waals surface area contributed by atoms with Gasteiger partial charge in [-0.3, -0.25) is 9.59 Å². The smallest absolute Gasteiger partial charge is 0.313 e. The van der Waals surface area contributed by atoms with Gasteiger partial charge in [-0.15, -0.1) is 0 Å². The number of esters is 2. The summed E-state index contributed by atoms with van der Waals surface area (Å²) < 4.78 is 4.96. The van der Waals surface area contributed by atoms with Gasteiger partial charge in [0, 0.05) is 12.8 Å². The average molecular weight is 509 g/mol. The van der Waals surface area contributed by atoms with Gasteiger partial charge in [-0.25, -0.2) is 0 Å². The highest BCUT2D eigenvalue weighted by molar-refractivity contribution is 5.85. The van der Waals surface area contributed by atoms with E-state index in [0.717, 1.165) is 70.6 Å². The van der Waals surface area contributed by atoms with E-state index in [4.69, 9.17) is 4.74 Å². The number of rotatable bonds is 27. The van der Waals surface area contributed by atoms with E-state index in [9.17, 15) is 14.7 Å². The Morgan fingerprint density at radius 3 is 1.50 bits per heavy atom. The molecule has 0 rings (SSSR count). The third kappa shape index (κ3) is 27.4. The second-order valence-electron chi connectivity index (χ2n) is 10.6. The van der Waals surface area contributed by atoms with Gasteiger partial charge < -0.3 is 9.84 Å². The molecule has 0 heterocycles. The Morgan fingerprint density at radius 2 is 1.00 bits per heavy atom. The minimum absolute atomic E-state index is 0.190. The first-order valence-corrected chi connectivity index (χ1v) is 15.7. The van der Waals surface area contributed by atoms with E-state index < -0.39 is 0 Å². The zero-order valence-electron chi connectivity index (χ0n) is 24.1. The summed E-state index contributed by atoms with van der Waals surface area (Å²) in [5.41, 5.74) is 0. The van der Waals surface area contributed by atoms with Crippen LogP contribution < -0.4 is 0 Å². The fraction of sp³-hybridized carbons (Fsp3) is 0.875. The summed E-state index contributed by atoms with van der Waals surface area (Å²) in [6, 6.07) is 0. The van der Waals surface area contributed by atoms with Gasteiger partial charge in [-0.05, 0) is 38.5 Å². The summed E-state index contributed by atoms with van der Waals surface area (Å²) in [6.45, 7) is 4.46. The zero-order chi connectivity index (χ0) is 26.5. The molecule has 0 spiro atoms. The second-order valence-corrected chi connectivity index (χ2v) is 10.6. The standard InChI is InChI=1S/C32H60O4/c1-3-5-7-9-10-11-12-13-17-20-24-28-31(34)36-32(35)29-25-21-18-15-14-16-19-23-27-30(33)26-22-8-6-4-2/h19,23,30,33H,3-18,20-22,24-29H2,1-2H3/b23-19-/t30-/m1/s1. The summed E-state index contributed by atoms with van der Waals surface area (Å²) >= 11 is 0. The number of hydrogen-bond donors (Lipinski definition) is 1. The molecule has 4 heteroatoms. The normalized spacial score (nSPS) is 12.3. The molecule has 1 atom stereocenters. The number of unbranched alkanes of at least 4 members (excludes halogenated alkanes) is 18. The van der Waals surface area contributed by atoms with Crippen molar-refractivity contribution in [1.29, 1.82) is 0 Å². The molecular weight excluding hydrogens is 448 g/mol. The summed E-state index contributed by atoms with van der Waals surface area (Å²) in [6.07, 6.45) is 31.3. The third-order valence-corrected chi connectivity index (χ3v) is 6.93. The van der Waals surface area contributed by atoms with Crippen molar-refractivity contribution in [2.24, 2.45) is 0 Å². The molecule has 4 nitrogen and oxygen atoms in total. The Kier molecular flexibility index (Phi) is 27.5. The van der Waals surface area contributed by atoms with Crippen LogP contribution in [0.4, 0.5) is 0 Å². The molecule has 0 fully saturated rings. The maximum atomic E-state index is 11.8. The highest BCUT2D eigenvalue weighted by Crippen LogP contribution is 2.13. The third-order valence-electron chi connectivity index (χ3n) is 6.93. The first-order chi connectivity index (χ1) is 17.6. The van der Waals surface area contributed by atoms with Crippen LogP contribution in [0.3, 0.4) is 0 Å².